The Hall–Kier alpha value is -2.23. The van der Waals surface area contributed by atoms with Gasteiger partial charge in [0.25, 0.3) is 0 Å². The summed E-state index contributed by atoms with van der Waals surface area (Å²) in [4.78, 5) is 0. The number of anilines is 1. The van der Waals surface area contributed by atoms with Crippen molar-refractivity contribution in [2.75, 3.05) is 19.0 Å². The van der Waals surface area contributed by atoms with Crippen molar-refractivity contribution in [3.05, 3.63) is 53.8 Å². The second-order valence-corrected chi connectivity index (χ2v) is 4.24. The van der Waals surface area contributed by atoms with Crippen molar-refractivity contribution in [2.45, 2.75) is 13.5 Å². The Kier molecular flexibility index (Phi) is 4.82. The van der Waals surface area contributed by atoms with Crippen molar-refractivity contribution in [1.82, 2.24) is 0 Å². The number of nitrogens with one attached hydrogen (secondary N) is 1. The van der Waals surface area contributed by atoms with Gasteiger partial charge in [0.15, 0.2) is 11.6 Å². The second kappa shape index (κ2) is 6.80. The minimum Gasteiger partial charge on any atom is -0.494 e. The predicted octanol–water partition coefficient (Wildman–Crippen LogP) is 3.85. The van der Waals surface area contributed by atoms with Crippen molar-refractivity contribution < 1.29 is 13.9 Å². The Balaban J connectivity index is 2.09. The zero-order valence-electron chi connectivity index (χ0n) is 11.7. The number of hydrogen-bond acceptors (Lipinski definition) is 3. The van der Waals surface area contributed by atoms with Gasteiger partial charge >= 0.3 is 0 Å². The van der Waals surface area contributed by atoms with Gasteiger partial charge in [0, 0.05) is 23.9 Å². The first-order chi connectivity index (χ1) is 9.74. The summed E-state index contributed by atoms with van der Waals surface area (Å²) in [6.45, 7) is 3.18. The molecule has 0 heterocycles. The highest BCUT2D eigenvalue weighted by molar-refractivity contribution is 5.50. The lowest BCUT2D eigenvalue weighted by Crippen LogP contribution is -2.03. The summed E-state index contributed by atoms with van der Waals surface area (Å²) in [5.74, 6) is 0.720. The summed E-state index contributed by atoms with van der Waals surface area (Å²) in [6, 6.07) is 12.5. The minimum atomic E-state index is -0.368. The summed E-state index contributed by atoms with van der Waals surface area (Å²) in [7, 11) is 1.45. The second-order valence-electron chi connectivity index (χ2n) is 4.24. The van der Waals surface area contributed by atoms with E-state index in [0.29, 0.717) is 13.2 Å². The third-order valence-corrected chi connectivity index (χ3v) is 2.91. The van der Waals surface area contributed by atoms with Crippen molar-refractivity contribution in [3.63, 3.8) is 0 Å². The monoisotopic (exact) mass is 275 g/mol. The summed E-state index contributed by atoms with van der Waals surface area (Å²) < 4.78 is 23.8. The van der Waals surface area contributed by atoms with Gasteiger partial charge in [-0.05, 0) is 25.1 Å². The summed E-state index contributed by atoms with van der Waals surface area (Å²) in [6.07, 6.45) is 0. The van der Waals surface area contributed by atoms with Crippen LogP contribution in [0.25, 0.3) is 0 Å². The Morgan fingerprint density at radius 1 is 1.10 bits per heavy atom. The first-order valence-electron chi connectivity index (χ1n) is 6.52. The molecule has 0 radical (unpaired) electrons. The molecule has 0 aliphatic heterocycles. The molecule has 106 valence electrons. The average Bonchev–Trinajstić information content (AvgIpc) is 2.48. The highest BCUT2D eigenvalue weighted by atomic mass is 19.1. The van der Waals surface area contributed by atoms with Crippen LogP contribution in [0, 0.1) is 5.82 Å². The van der Waals surface area contributed by atoms with Gasteiger partial charge in [-0.3, -0.25) is 0 Å². The van der Waals surface area contributed by atoms with E-state index in [0.717, 1.165) is 17.0 Å². The minimum absolute atomic E-state index is 0.230. The molecule has 2 rings (SSSR count). The molecule has 3 nitrogen and oxygen atoms in total. The molecule has 0 aliphatic rings. The Morgan fingerprint density at radius 2 is 1.90 bits per heavy atom. The number of para-hydroxylation sites is 1. The third-order valence-electron chi connectivity index (χ3n) is 2.91. The van der Waals surface area contributed by atoms with E-state index < -0.39 is 0 Å². The van der Waals surface area contributed by atoms with E-state index in [1.54, 1.807) is 12.1 Å². The predicted molar refractivity (Wildman–Crippen MR) is 77.9 cm³/mol. The quantitative estimate of drug-likeness (QED) is 0.868. The molecule has 0 saturated carbocycles. The lowest BCUT2D eigenvalue weighted by Gasteiger charge is -2.12. The maximum Gasteiger partial charge on any atom is 0.165 e. The van der Waals surface area contributed by atoms with Gasteiger partial charge in [-0.25, -0.2) is 4.39 Å². The standard InChI is InChI=1S/C16H18FNO2/c1-3-20-15-7-5-4-6-12(15)11-18-13-8-9-14(17)16(10-13)19-2/h4-10,18H,3,11H2,1-2H3. The first kappa shape index (κ1) is 14.2. The van der Waals surface area contributed by atoms with Crippen LogP contribution in [0.1, 0.15) is 12.5 Å². The van der Waals surface area contributed by atoms with E-state index in [2.05, 4.69) is 5.32 Å². The fraction of sp³-hybridized carbons (Fsp3) is 0.250. The Morgan fingerprint density at radius 3 is 2.65 bits per heavy atom. The molecule has 0 atom stereocenters. The van der Waals surface area contributed by atoms with Crippen molar-refractivity contribution in [1.29, 1.82) is 0 Å². The molecule has 2 aromatic rings. The highest BCUT2D eigenvalue weighted by Gasteiger charge is 2.05. The fourth-order valence-corrected chi connectivity index (χ4v) is 1.91. The van der Waals surface area contributed by atoms with Gasteiger partial charge in [0.05, 0.1) is 13.7 Å². The zero-order chi connectivity index (χ0) is 14.4. The van der Waals surface area contributed by atoms with Crippen molar-refractivity contribution in [3.8, 4) is 11.5 Å². The van der Waals surface area contributed by atoms with E-state index >= 15 is 0 Å². The number of ether oxygens (including phenoxy) is 2. The molecular formula is C16H18FNO2. The number of hydrogen-bond donors (Lipinski definition) is 1. The van der Waals surface area contributed by atoms with Gasteiger partial charge in [0.1, 0.15) is 5.75 Å². The molecular weight excluding hydrogens is 257 g/mol. The fourth-order valence-electron chi connectivity index (χ4n) is 1.91. The van der Waals surface area contributed by atoms with Gasteiger partial charge in [-0.2, -0.15) is 0 Å². The summed E-state index contributed by atoms with van der Waals surface area (Å²) in [5.41, 5.74) is 1.85. The SMILES string of the molecule is CCOc1ccccc1CNc1ccc(F)c(OC)c1. The molecule has 0 aliphatic carbocycles. The normalized spacial score (nSPS) is 10.2. The van der Waals surface area contributed by atoms with Gasteiger partial charge in [0.2, 0.25) is 0 Å². The van der Waals surface area contributed by atoms with E-state index in [4.69, 9.17) is 9.47 Å². The van der Waals surface area contributed by atoms with E-state index in [1.807, 2.05) is 31.2 Å². The third kappa shape index (κ3) is 3.41. The molecule has 0 unspecified atom stereocenters. The average molecular weight is 275 g/mol. The lowest BCUT2D eigenvalue weighted by molar-refractivity contribution is 0.337. The number of methoxy groups -OCH3 is 1. The molecule has 0 amide bonds. The van der Waals surface area contributed by atoms with Crippen LogP contribution < -0.4 is 14.8 Å². The van der Waals surface area contributed by atoms with Crippen molar-refractivity contribution >= 4 is 5.69 Å². The highest BCUT2D eigenvalue weighted by Crippen LogP contribution is 2.23. The van der Waals surface area contributed by atoms with Gasteiger partial charge in [-0.1, -0.05) is 18.2 Å². The van der Waals surface area contributed by atoms with E-state index in [1.165, 1.54) is 13.2 Å². The molecule has 0 bridgehead atoms. The van der Waals surface area contributed by atoms with Crippen LogP contribution in [-0.4, -0.2) is 13.7 Å². The van der Waals surface area contributed by atoms with E-state index in [-0.39, 0.29) is 11.6 Å². The summed E-state index contributed by atoms with van der Waals surface area (Å²) in [5, 5.41) is 3.24. The van der Waals surface area contributed by atoms with Crippen molar-refractivity contribution in [2.24, 2.45) is 0 Å². The topological polar surface area (TPSA) is 30.5 Å². The molecule has 0 saturated heterocycles. The maximum atomic E-state index is 13.3. The molecule has 0 fully saturated rings. The molecule has 0 aromatic heterocycles. The first-order valence-corrected chi connectivity index (χ1v) is 6.52. The lowest BCUT2D eigenvalue weighted by atomic mass is 10.2. The van der Waals surface area contributed by atoms with Crippen LogP contribution in [0.2, 0.25) is 0 Å². The van der Waals surface area contributed by atoms with Crippen LogP contribution in [0.4, 0.5) is 10.1 Å². The van der Waals surface area contributed by atoms with Crippen LogP contribution in [0.5, 0.6) is 11.5 Å². The van der Waals surface area contributed by atoms with Gasteiger partial charge < -0.3 is 14.8 Å². The summed E-state index contributed by atoms with van der Waals surface area (Å²) >= 11 is 0. The molecule has 2 aromatic carbocycles. The van der Waals surface area contributed by atoms with Crippen LogP contribution >= 0.6 is 0 Å². The Bertz CT molecular complexity index is 572. The van der Waals surface area contributed by atoms with Crippen LogP contribution in [0.15, 0.2) is 42.5 Å². The zero-order valence-corrected chi connectivity index (χ0v) is 11.7. The van der Waals surface area contributed by atoms with Crippen LogP contribution in [-0.2, 0) is 6.54 Å². The number of rotatable bonds is 6. The number of benzene rings is 2. The molecule has 0 spiro atoms. The maximum absolute atomic E-state index is 13.3. The molecule has 4 heteroatoms. The smallest absolute Gasteiger partial charge is 0.165 e. The Labute approximate surface area is 118 Å². The molecule has 20 heavy (non-hydrogen) atoms. The number of halogens is 1. The molecule has 1 N–H and O–H groups in total. The van der Waals surface area contributed by atoms with Crippen LogP contribution in [0.3, 0.4) is 0 Å². The van der Waals surface area contributed by atoms with E-state index in [9.17, 15) is 4.39 Å². The largest absolute Gasteiger partial charge is 0.494 e. The van der Waals surface area contributed by atoms with Gasteiger partial charge in [-0.15, -0.1) is 0 Å².